The van der Waals surface area contributed by atoms with Crippen molar-refractivity contribution in [3.05, 3.63) is 35.2 Å². The highest BCUT2D eigenvalue weighted by Gasteiger charge is 2.51. The molecule has 6 rings (SSSR count). The molecule has 0 N–H and O–H groups in total. The number of nitrogens with zero attached hydrogens (tertiary/aromatic N) is 4. The number of hydrogen-bond acceptors (Lipinski definition) is 7. The minimum absolute atomic E-state index is 0.220. The van der Waals surface area contributed by atoms with E-state index in [1.165, 1.54) is 11.1 Å². The minimum atomic E-state index is -0.304. The molecule has 2 aromatic rings. The van der Waals surface area contributed by atoms with Gasteiger partial charge in [0.1, 0.15) is 18.8 Å². The Bertz CT molecular complexity index is 1100. The largest absolute Gasteiger partial charge is 0.487 e. The van der Waals surface area contributed by atoms with Crippen LogP contribution >= 0.6 is 0 Å². The Hall–Kier alpha value is -2.54. The number of aromatic nitrogens is 2. The molecule has 2 aromatic heterocycles. The van der Waals surface area contributed by atoms with Crippen molar-refractivity contribution in [1.29, 1.82) is 0 Å². The van der Waals surface area contributed by atoms with E-state index in [4.69, 9.17) is 24.2 Å². The fourth-order valence-corrected chi connectivity index (χ4v) is 6.31. The number of anilines is 2. The molecular weight excluding hydrogens is 428 g/mol. The lowest BCUT2D eigenvalue weighted by Crippen LogP contribution is -2.50. The number of pyridine rings is 2. The van der Waals surface area contributed by atoms with Crippen LogP contribution in [0.5, 0.6) is 11.5 Å². The molecule has 4 aliphatic rings. The van der Waals surface area contributed by atoms with Crippen LogP contribution in [-0.2, 0) is 10.3 Å². The lowest BCUT2D eigenvalue weighted by Gasteiger charge is -2.44. The number of rotatable bonds is 4. The summed E-state index contributed by atoms with van der Waals surface area (Å²) in [6.45, 7) is 12.0. The molecule has 0 aliphatic carbocycles. The molecule has 0 amide bonds. The second-order valence-corrected chi connectivity index (χ2v) is 10.9. The van der Waals surface area contributed by atoms with Crippen molar-refractivity contribution in [1.82, 2.24) is 9.97 Å². The number of methoxy groups -OCH3 is 1. The SMILES string of the molecule is CO[C@@H]1C[C@@H]2COc3c(C(C)C)cc([C@@]45CCCN4c4nccc(C(C)C)c4OC5)nc3N2C1. The van der Waals surface area contributed by atoms with Crippen molar-refractivity contribution >= 4 is 11.6 Å². The number of ether oxygens (including phenoxy) is 3. The molecule has 6 heterocycles. The van der Waals surface area contributed by atoms with Gasteiger partial charge in [-0.05, 0) is 43.2 Å². The molecule has 0 saturated carbocycles. The molecule has 4 aliphatic heterocycles. The van der Waals surface area contributed by atoms with Crippen molar-refractivity contribution in [2.24, 2.45) is 0 Å². The summed E-state index contributed by atoms with van der Waals surface area (Å²) in [5.74, 6) is 4.57. The predicted molar refractivity (Wildman–Crippen MR) is 132 cm³/mol. The summed E-state index contributed by atoms with van der Waals surface area (Å²) < 4.78 is 18.6. The first kappa shape index (κ1) is 22.0. The Morgan fingerprint density at radius 2 is 1.88 bits per heavy atom. The smallest absolute Gasteiger partial charge is 0.172 e. The number of hydrogen-bond donors (Lipinski definition) is 0. The van der Waals surface area contributed by atoms with E-state index in [1.807, 2.05) is 6.20 Å². The van der Waals surface area contributed by atoms with Crippen LogP contribution in [0.15, 0.2) is 18.3 Å². The summed E-state index contributed by atoms with van der Waals surface area (Å²) in [6, 6.07) is 4.70. The molecule has 0 radical (unpaired) electrons. The van der Waals surface area contributed by atoms with E-state index in [9.17, 15) is 0 Å². The topological polar surface area (TPSA) is 60.0 Å². The highest BCUT2D eigenvalue weighted by atomic mass is 16.5. The van der Waals surface area contributed by atoms with E-state index in [0.29, 0.717) is 31.1 Å². The van der Waals surface area contributed by atoms with Gasteiger partial charge in [0, 0.05) is 37.5 Å². The van der Waals surface area contributed by atoms with Crippen LogP contribution in [0.1, 0.15) is 75.6 Å². The Morgan fingerprint density at radius 1 is 1.09 bits per heavy atom. The summed E-state index contributed by atoms with van der Waals surface area (Å²) in [5.41, 5.74) is 3.24. The van der Waals surface area contributed by atoms with Crippen LogP contribution in [0.4, 0.5) is 11.6 Å². The molecule has 2 saturated heterocycles. The second kappa shape index (κ2) is 8.01. The molecule has 0 unspecified atom stereocenters. The quantitative estimate of drug-likeness (QED) is 0.655. The average molecular weight is 465 g/mol. The van der Waals surface area contributed by atoms with E-state index in [2.05, 4.69) is 49.6 Å². The second-order valence-electron chi connectivity index (χ2n) is 10.9. The third kappa shape index (κ3) is 3.12. The first-order valence-electron chi connectivity index (χ1n) is 12.8. The first-order chi connectivity index (χ1) is 16.4. The summed E-state index contributed by atoms with van der Waals surface area (Å²) in [4.78, 5) is 15.1. The highest BCUT2D eigenvalue weighted by molar-refractivity contribution is 5.66. The fraction of sp³-hybridized carbons (Fsp3) is 0.630. The van der Waals surface area contributed by atoms with Gasteiger partial charge in [0.05, 0.1) is 17.8 Å². The Balaban J connectivity index is 1.48. The van der Waals surface area contributed by atoms with Gasteiger partial charge in [-0.1, -0.05) is 27.7 Å². The van der Waals surface area contributed by atoms with Gasteiger partial charge < -0.3 is 24.0 Å². The zero-order valence-corrected chi connectivity index (χ0v) is 21.0. The Labute approximate surface area is 202 Å². The maximum absolute atomic E-state index is 6.54. The first-order valence-corrected chi connectivity index (χ1v) is 12.8. The van der Waals surface area contributed by atoms with Gasteiger partial charge in [-0.15, -0.1) is 0 Å². The maximum Gasteiger partial charge on any atom is 0.172 e. The standard InChI is InChI=1S/C27H36N4O3/c1-16(2)20-7-9-28-25-23(20)34-15-27(8-6-10-31(25)27)22-12-21(17(3)4)24-26(29-22)30-13-19(32-5)11-18(30)14-33-24/h7,9,12,16-19H,6,8,10-11,13-15H2,1-5H3/t18-,19-,27+/m1/s1. The van der Waals surface area contributed by atoms with E-state index in [-0.39, 0.29) is 11.6 Å². The third-order valence-corrected chi connectivity index (χ3v) is 8.22. The van der Waals surface area contributed by atoms with Gasteiger partial charge in [0.2, 0.25) is 0 Å². The Kier molecular flexibility index (Phi) is 5.17. The maximum atomic E-state index is 6.54. The van der Waals surface area contributed by atoms with Crippen LogP contribution in [0, 0.1) is 0 Å². The van der Waals surface area contributed by atoms with Gasteiger partial charge in [-0.25, -0.2) is 9.97 Å². The van der Waals surface area contributed by atoms with Crippen molar-refractivity contribution in [3.63, 3.8) is 0 Å². The lowest BCUT2D eigenvalue weighted by molar-refractivity contribution is 0.116. The van der Waals surface area contributed by atoms with E-state index in [0.717, 1.165) is 61.2 Å². The van der Waals surface area contributed by atoms with Crippen molar-refractivity contribution in [2.45, 2.75) is 76.5 Å². The van der Waals surface area contributed by atoms with Crippen LogP contribution < -0.4 is 19.3 Å². The molecule has 0 spiro atoms. The summed E-state index contributed by atoms with van der Waals surface area (Å²) in [7, 11) is 1.80. The molecule has 3 atom stereocenters. The van der Waals surface area contributed by atoms with E-state index >= 15 is 0 Å². The summed E-state index contributed by atoms with van der Waals surface area (Å²) in [5, 5.41) is 0. The Morgan fingerprint density at radius 3 is 2.65 bits per heavy atom. The van der Waals surface area contributed by atoms with E-state index < -0.39 is 0 Å². The molecule has 7 nitrogen and oxygen atoms in total. The molecular formula is C27H36N4O3. The highest BCUT2D eigenvalue weighted by Crippen LogP contribution is 2.51. The van der Waals surface area contributed by atoms with Crippen molar-refractivity contribution in [2.75, 3.05) is 43.2 Å². The van der Waals surface area contributed by atoms with Gasteiger partial charge in [-0.2, -0.15) is 0 Å². The van der Waals surface area contributed by atoms with Gasteiger partial charge in [0.25, 0.3) is 0 Å². The van der Waals surface area contributed by atoms with Crippen molar-refractivity contribution < 1.29 is 14.2 Å². The van der Waals surface area contributed by atoms with Crippen molar-refractivity contribution in [3.8, 4) is 11.5 Å². The summed E-state index contributed by atoms with van der Waals surface area (Å²) in [6.07, 6.45) is 5.24. The average Bonchev–Trinajstić information content (AvgIpc) is 3.47. The molecule has 2 fully saturated rings. The monoisotopic (exact) mass is 464 g/mol. The summed E-state index contributed by atoms with van der Waals surface area (Å²) >= 11 is 0. The fourth-order valence-electron chi connectivity index (χ4n) is 6.31. The molecule has 34 heavy (non-hydrogen) atoms. The minimum Gasteiger partial charge on any atom is -0.487 e. The zero-order chi connectivity index (χ0) is 23.6. The van der Waals surface area contributed by atoms with Gasteiger partial charge in [0.15, 0.2) is 23.1 Å². The molecule has 0 bridgehead atoms. The van der Waals surface area contributed by atoms with Crippen LogP contribution in [-0.4, -0.2) is 55.5 Å². The normalized spacial score (nSPS) is 27.3. The lowest BCUT2D eigenvalue weighted by atomic mass is 9.87. The molecule has 7 heteroatoms. The van der Waals surface area contributed by atoms with Gasteiger partial charge in [-0.3, -0.25) is 0 Å². The third-order valence-electron chi connectivity index (χ3n) is 8.22. The van der Waals surface area contributed by atoms with Crippen LogP contribution in [0.2, 0.25) is 0 Å². The van der Waals surface area contributed by atoms with Crippen LogP contribution in [0.3, 0.4) is 0 Å². The molecule has 0 aromatic carbocycles. The number of fused-ring (bicyclic) bond motifs is 6. The van der Waals surface area contributed by atoms with Crippen LogP contribution in [0.25, 0.3) is 0 Å². The van der Waals surface area contributed by atoms with Gasteiger partial charge >= 0.3 is 0 Å². The predicted octanol–water partition coefficient (Wildman–Crippen LogP) is 4.60. The van der Waals surface area contributed by atoms with E-state index in [1.54, 1.807) is 7.11 Å². The zero-order valence-electron chi connectivity index (χ0n) is 21.0. The molecule has 182 valence electrons.